The van der Waals surface area contributed by atoms with E-state index in [0.717, 1.165) is 12.8 Å². The minimum Gasteiger partial charge on any atom is -0.480 e. The summed E-state index contributed by atoms with van der Waals surface area (Å²) >= 11 is 0. The number of nitrogens with zero attached hydrogens (tertiary/aromatic N) is 2. The number of urea groups is 1. The minimum absolute atomic E-state index is 0.0787. The monoisotopic (exact) mass is 256 g/mol. The summed E-state index contributed by atoms with van der Waals surface area (Å²) in [6, 6.07) is -1.03. The highest BCUT2D eigenvalue weighted by Gasteiger charge is 2.41. The molecule has 6 nitrogen and oxygen atoms in total. The topological polar surface area (TPSA) is 70.1 Å². The summed E-state index contributed by atoms with van der Waals surface area (Å²) < 4.78 is 5.15. The first-order valence-electron chi connectivity index (χ1n) is 6.32. The molecule has 2 heterocycles. The summed E-state index contributed by atoms with van der Waals surface area (Å²) in [5, 5.41) is 9.14. The van der Waals surface area contributed by atoms with Gasteiger partial charge in [-0.05, 0) is 26.7 Å². The number of carboxylic acids is 1. The number of hydrogen-bond donors (Lipinski definition) is 1. The Hall–Kier alpha value is -1.30. The van der Waals surface area contributed by atoms with Gasteiger partial charge >= 0.3 is 12.0 Å². The molecule has 0 aromatic heterocycles. The van der Waals surface area contributed by atoms with Crippen molar-refractivity contribution in [2.24, 2.45) is 0 Å². The van der Waals surface area contributed by atoms with E-state index in [1.807, 2.05) is 13.8 Å². The zero-order chi connectivity index (χ0) is 13.3. The van der Waals surface area contributed by atoms with Crippen LogP contribution < -0.4 is 0 Å². The first-order chi connectivity index (χ1) is 8.43. The van der Waals surface area contributed by atoms with Crippen LogP contribution in [0.25, 0.3) is 0 Å². The van der Waals surface area contributed by atoms with Crippen LogP contribution >= 0.6 is 0 Å². The van der Waals surface area contributed by atoms with Gasteiger partial charge in [-0.25, -0.2) is 9.59 Å². The molecule has 102 valence electrons. The Kier molecular flexibility index (Phi) is 3.47. The summed E-state index contributed by atoms with van der Waals surface area (Å²) in [6.45, 7) is 5.58. The van der Waals surface area contributed by atoms with Gasteiger partial charge in [-0.2, -0.15) is 0 Å². The fraction of sp³-hybridized carbons (Fsp3) is 0.833. The van der Waals surface area contributed by atoms with E-state index in [2.05, 4.69) is 0 Å². The third-order valence-electron chi connectivity index (χ3n) is 3.79. The third-order valence-corrected chi connectivity index (χ3v) is 3.79. The van der Waals surface area contributed by atoms with E-state index in [-0.39, 0.29) is 18.2 Å². The molecule has 0 aromatic carbocycles. The summed E-state index contributed by atoms with van der Waals surface area (Å²) in [7, 11) is 0. The van der Waals surface area contributed by atoms with Crippen molar-refractivity contribution < 1.29 is 19.4 Å². The van der Waals surface area contributed by atoms with Crippen molar-refractivity contribution in [3.05, 3.63) is 0 Å². The lowest BCUT2D eigenvalue weighted by molar-refractivity contribution is -0.147. The molecular formula is C12H20N2O4. The first kappa shape index (κ1) is 13.1. The van der Waals surface area contributed by atoms with Crippen molar-refractivity contribution in [1.29, 1.82) is 0 Å². The van der Waals surface area contributed by atoms with E-state index < -0.39 is 12.0 Å². The van der Waals surface area contributed by atoms with Crippen LogP contribution in [0.4, 0.5) is 4.79 Å². The maximum absolute atomic E-state index is 12.5. The number of hydrogen-bond acceptors (Lipinski definition) is 3. The number of morpholine rings is 1. The van der Waals surface area contributed by atoms with Crippen molar-refractivity contribution in [2.75, 3.05) is 26.3 Å². The van der Waals surface area contributed by atoms with Crippen molar-refractivity contribution >= 4 is 12.0 Å². The molecule has 1 unspecified atom stereocenters. The van der Waals surface area contributed by atoms with Gasteiger partial charge in [0, 0.05) is 18.6 Å². The molecule has 0 radical (unpaired) electrons. The average Bonchev–Trinajstić information content (AvgIpc) is 2.68. The number of carboxylic acid groups (broad SMARTS) is 1. The summed E-state index contributed by atoms with van der Waals surface area (Å²) in [5.41, 5.74) is -0.182. The van der Waals surface area contributed by atoms with Crippen molar-refractivity contribution in [3.8, 4) is 0 Å². The Morgan fingerprint density at radius 2 is 2.06 bits per heavy atom. The smallest absolute Gasteiger partial charge is 0.328 e. The number of aliphatic carboxylic acids is 1. The largest absolute Gasteiger partial charge is 0.480 e. The number of ether oxygens (including phenoxy) is 1. The highest BCUT2D eigenvalue weighted by molar-refractivity contribution is 5.83. The zero-order valence-electron chi connectivity index (χ0n) is 10.9. The van der Waals surface area contributed by atoms with Crippen molar-refractivity contribution in [2.45, 2.75) is 38.3 Å². The molecular weight excluding hydrogens is 236 g/mol. The number of likely N-dealkylation sites (tertiary alicyclic amines) is 1. The van der Waals surface area contributed by atoms with Crippen LogP contribution in [0, 0.1) is 0 Å². The highest BCUT2D eigenvalue weighted by Crippen LogP contribution is 2.30. The van der Waals surface area contributed by atoms with Gasteiger partial charge in [0.15, 0.2) is 6.04 Å². The molecule has 1 atom stereocenters. The number of carbonyl (C=O) groups is 2. The van der Waals surface area contributed by atoms with Crippen LogP contribution in [-0.2, 0) is 9.53 Å². The Bertz CT molecular complexity index is 356. The van der Waals surface area contributed by atoms with Crippen LogP contribution in [0.5, 0.6) is 0 Å². The SMILES string of the molecule is CC1(C)CCCN1C(=O)N1CCOCC1C(=O)O. The third kappa shape index (κ3) is 2.29. The lowest BCUT2D eigenvalue weighted by Gasteiger charge is -2.40. The summed E-state index contributed by atoms with van der Waals surface area (Å²) in [6.07, 6.45) is 1.93. The Labute approximate surface area is 106 Å². The quantitative estimate of drug-likeness (QED) is 0.752. The van der Waals surface area contributed by atoms with Gasteiger partial charge in [0.05, 0.1) is 13.2 Å². The minimum atomic E-state index is -1.000. The molecule has 2 aliphatic rings. The molecule has 2 fully saturated rings. The van der Waals surface area contributed by atoms with Crippen LogP contribution in [0.15, 0.2) is 0 Å². The van der Waals surface area contributed by atoms with Gasteiger partial charge in [-0.3, -0.25) is 0 Å². The van der Waals surface area contributed by atoms with Gasteiger partial charge in [-0.15, -0.1) is 0 Å². The molecule has 0 saturated carbocycles. The van der Waals surface area contributed by atoms with E-state index in [1.165, 1.54) is 4.90 Å². The van der Waals surface area contributed by atoms with Gasteiger partial charge < -0.3 is 19.6 Å². The second kappa shape index (κ2) is 4.76. The standard InChI is InChI=1S/C12H20N2O4/c1-12(2)4-3-5-14(12)11(17)13-6-7-18-8-9(13)10(15)16/h9H,3-8H2,1-2H3,(H,15,16). The second-order valence-corrected chi connectivity index (χ2v) is 5.47. The predicted octanol–water partition coefficient (Wildman–Crippen LogP) is 0.766. The molecule has 2 rings (SSSR count). The highest BCUT2D eigenvalue weighted by atomic mass is 16.5. The van der Waals surface area contributed by atoms with Gasteiger partial charge in [-0.1, -0.05) is 0 Å². The van der Waals surface area contributed by atoms with E-state index >= 15 is 0 Å². The summed E-state index contributed by atoms with van der Waals surface area (Å²) in [5.74, 6) is -1.000. The fourth-order valence-electron chi connectivity index (χ4n) is 2.65. The van der Waals surface area contributed by atoms with Crippen molar-refractivity contribution in [1.82, 2.24) is 9.80 Å². The maximum atomic E-state index is 12.5. The fourth-order valence-corrected chi connectivity index (χ4v) is 2.65. The van der Waals surface area contributed by atoms with Crippen molar-refractivity contribution in [3.63, 3.8) is 0 Å². The Balaban J connectivity index is 2.13. The first-order valence-corrected chi connectivity index (χ1v) is 6.32. The molecule has 0 aliphatic carbocycles. The van der Waals surface area contributed by atoms with Crippen LogP contribution in [0.1, 0.15) is 26.7 Å². The maximum Gasteiger partial charge on any atom is 0.328 e. The number of carbonyl (C=O) groups excluding carboxylic acids is 1. The van der Waals surface area contributed by atoms with E-state index in [1.54, 1.807) is 4.90 Å². The second-order valence-electron chi connectivity index (χ2n) is 5.47. The molecule has 0 aromatic rings. The lowest BCUT2D eigenvalue weighted by Crippen LogP contribution is -2.58. The number of rotatable bonds is 1. The predicted molar refractivity (Wildman–Crippen MR) is 64.4 cm³/mol. The lowest BCUT2D eigenvalue weighted by atomic mass is 10.0. The van der Waals surface area contributed by atoms with Gasteiger partial charge in [0.25, 0.3) is 0 Å². The molecule has 2 saturated heterocycles. The Morgan fingerprint density at radius 3 is 2.61 bits per heavy atom. The molecule has 1 N–H and O–H groups in total. The summed E-state index contributed by atoms with van der Waals surface area (Å²) in [4.78, 5) is 26.8. The van der Waals surface area contributed by atoms with Crippen LogP contribution in [-0.4, -0.2) is 64.8 Å². The van der Waals surface area contributed by atoms with Gasteiger partial charge in [0.1, 0.15) is 0 Å². The molecule has 0 spiro atoms. The average molecular weight is 256 g/mol. The van der Waals surface area contributed by atoms with Crippen LogP contribution in [0.2, 0.25) is 0 Å². The van der Waals surface area contributed by atoms with Crippen LogP contribution in [0.3, 0.4) is 0 Å². The van der Waals surface area contributed by atoms with E-state index in [4.69, 9.17) is 9.84 Å². The zero-order valence-corrected chi connectivity index (χ0v) is 10.9. The molecule has 2 amide bonds. The molecule has 0 bridgehead atoms. The normalized spacial score (nSPS) is 27.3. The Morgan fingerprint density at radius 1 is 1.33 bits per heavy atom. The molecule has 2 aliphatic heterocycles. The molecule has 6 heteroatoms. The number of amides is 2. The van der Waals surface area contributed by atoms with E-state index in [0.29, 0.717) is 19.7 Å². The molecule has 18 heavy (non-hydrogen) atoms. The van der Waals surface area contributed by atoms with E-state index in [9.17, 15) is 9.59 Å². The van der Waals surface area contributed by atoms with Gasteiger partial charge in [0.2, 0.25) is 0 Å².